The first-order chi connectivity index (χ1) is 7.50. The van der Waals surface area contributed by atoms with Crippen molar-refractivity contribution in [3.63, 3.8) is 0 Å². The summed E-state index contributed by atoms with van der Waals surface area (Å²) in [4.78, 5) is 0. The zero-order valence-electron chi connectivity index (χ0n) is 10.6. The van der Waals surface area contributed by atoms with Crippen LogP contribution >= 0.6 is 0 Å². The Kier molecular flexibility index (Phi) is 5.01. The van der Waals surface area contributed by atoms with Crippen molar-refractivity contribution in [2.75, 3.05) is 0 Å². The van der Waals surface area contributed by atoms with Crippen LogP contribution in [0.4, 0.5) is 0 Å². The molecule has 0 fully saturated rings. The van der Waals surface area contributed by atoms with Gasteiger partial charge in [-0.3, -0.25) is 0 Å². The van der Waals surface area contributed by atoms with Crippen molar-refractivity contribution in [2.45, 2.75) is 52.1 Å². The molecule has 0 aromatic heterocycles. The molecule has 90 valence electrons. The molecular formula is C15H24O. The number of aliphatic hydroxyl groups excluding tert-OH is 1. The minimum absolute atomic E-state index is 0.353. The molecule has 1 aliphatic carbocycles. The number of hydrogen-bond acceptors (Lipinski definition) is 1. The van der Waals surface area contributed by atoms with E-state index >= 15 is 0 Å². The molecule has 0 saturated carbocycles. The summed E-state index contributed by atoms with van der Waals surface area (Å²) in [5.41, 5.74) is 3.60. The van der Waals surface area contributed by atoms with E-state index in [1.54, 1.807) is 0 Å². The molecular weight excluding hydrogens is 196 g/mol. The lowest BCUT2D eigenvalue weighted by Gasteiger charge is -2.23. The maximum absolute atomic E-state index is 10.0. The summed E-state index contributed by atoms with van der Waals surface area (Å²) in [6, 6.07) is 0. The lowest BCUT2D eigenvalue weighted by Crippen LogP contribution is -2.17. The Morgan fingerprint density at radius 3 is 2.75 bits per heavy atom. The van der Waals surface area contributed by atoms with Crippen LogP contribution in [0.3, 0.4) is 0 Å². The van der Waals surface area contributed by atoms with Crippen LogP contribution in [-0.2, 0) is 0 Å². The Morgan fingerprint density at radius 1 is 1.44 bits per heavy atom. The summed E-state index contributed by atoms with van der Waals surface area (Å²) in [7, 11) is 0. The van der Waals surface area contributed by atoms with Gasteiger partial charge in [0.15, 0.2) is 0 Å². The molecule has 0 bridgehead atoms. The quantitative estimate of drug-likeness (QED) is 0.662. The van der Waals surface area contributed by atoms with E-state index in [0.29, 0.717) is 5.92 Å². The Morgan fingerprint density at radius 2 is 2.12 bits per heavy atom. The van der Waals surface area contributed by atoms with Crippen LogP contribution < -0.4 is 0 Å². The molecule has 0 aromatic rings. The molecule has 0 amide bonds. The molecule has 0 spiro atoms. The highest BCUT2D eigenvalue weighted by Crippen LogP contribution is 2.27. The molecule has 1 aliphatic rings. The van der Waals surface area contributed by atoms with E-state index in [-0.39, 0.29) is 6.10 Å². The summed E-state index contributed by atoms with van der Waals surface area (Å²) in [6.45, 7) is 12.3. The van der Waals surface area contributed by atoms with Crippen molar-refractivity contribution in [1.29, 1.82) is 0 Å². The van der Waals surface area contributed by atoms with Crippen LogP contribution in [0, 0.1) is 5.92 Å². The van der Waals surface area contributed by atoms with E-state index in [1.165, 1.54) is 11.1 Å². The first-order valence-corrected chi connectivity index (χ1v) is 6.17. The van der Waals surface area contributed by atoms with Crippen LogP contribution in [0.1, 0.15) is 46.0 Å². The maximum Gasteiger partial charge on any atom is 0.0753 e. The van der Waals surface area contributed by atoms with Gasteiger partial charge in [-0.2, -0.15) is 0 Å². The van der Waals surface area contributed by atoms with E-state index in [9.17, 15) is 5.11 Å². The fourth-order valence-corrected chi connectivity index (χ4v) is 2.18. The average molecular weight is 220 g/mol. The second kappa shape index (κ2) is 6.05. The number of aliphatic hydroxyl groups is 1. The molecule has 0 aliphatic heterocycles. The van der Waals surface area contributed by atoms with Gasteiger partial charge in [-0.05, 0) is 57.4 Å². The number of hydrogen-bond donors (Lipinski definition) is 1. The van der Waals surface area contributed by atoms with Crippen molar-refractivity contribution in [3.8, 4) is 0 Å². The van der Waals surface area contributed by atoms with Gasteiger partial charge in [-0.1, -0.05) is 30.4 Å². The minimum atomic E-state index is -0.353. The van der Waals surface area contributed by atoms with Crippen LogP contribution in [-0.4, -0.2) is 11.2 Å². The van der Waals surface area contributed by atoms with E-state index < -0.39 is 0 Å². The Bertz CT molecular complexity index is 299. The topological polar surface area (TPSA) is 20.2 Å². The van der Waals surface area contributed by atoms with Gasteiger partial charge >= 0.3 is 0 Å². The van der Waals surface area contributed by atoms with Gasteiger partial charge in [0, 0.05) is 0 Å². The van der Waals surface area contributed by atoms with Gasteiger partial charge in [0.25, 0.3) is 0 Å². The normalized spacial score (nSPS) is 31.7. The fourth-order valence-electron chi connectivity index (χ4n) is 2.18. The van der Waals surface area contributed by atoms with Gasteiger partial charge in [0.2, 0.25) is 0 Å². The third kappa shape index (κ3) is 3.97. The lowest BCUT2D eigenvalue weighted by molar-refractivity contribution is 0.176. The third-order valence-corrected chi connectivity index (χ3v) is 3.52. The molecule has 1 heteroatoms. The Labute approximate surface area is 99.6 Å². The molecule has 16 heavy (non-hydrogen) atoms. The van der Waals surface area contributed by atoms with E-state index in [1.807, 2.05) is 0 Å². The van der Waals surface area contributed by atoms with Gasteiger partial charge in [-0.15, -0.1) is 0 Å². The molecule has 0 saturated heterocycles. The van der Waals surface area contributed by atoms with Crippen molar-refractivity contribution in [3.05, 3.63) is 36.0 Å². The van der Waals surface area contributed by atoms with Gasteiger partial charge in [0.1, 0.15) is 0 Å². The highest BCUT2D eigenvalue weighted by molar-refractivity contribution is 5.10. The van der Waals surface area contributed by atoms with E-state index in [0.717, 1.165) is 37.7 Å². The summed E-state index contributed by atoms with van der Waals surface area (Å²) < 4.78 is 0. The Hall–Kier alpha value is -0.820. The second-order valence-electron chi connectivity index (χ2n) is 5.08. The fraction of sp³-hybridized carbons (Fsp3) is 0.600. The predicted octanol–water partition coefficient (Wildman–Crippen LogP) is 4.01. The third-order valence-electron chi connectivity index (χ3n) is 3.52. The SMILES string of the molecule is C=C(C)[C@H]1CC/C(C)=C\CCC(=C)[C@@H](O)C1. The van der Waals surface area contributed by atoms with Gasteiger partial charge in [-0.25, -0.2) is 0 Å². The van der Waals surface area contributed by atoms with E-state index in [4.69, 9.17) is 0 Å². The van der Waals surface area contributed by atoms with Crippen molar-refractivity contribution >= 4 is 0 Å². The molecule has 0 heterocycles. The zero-order valence-corrected chi connectivity index (χ0v) is 10.6. The monoisotopic (exact) mass is 220 g/mol. The summed E-state index contributed by atoms with van der Waals surface area (Å²) in [6.07, 6.45) is 6.85. The molecule has 0 radical (unpaired) electrons. The smallest absolute Gasteiger partial charge is 0.0753 e. The van der Waals surface area contributed by atoms with Crippen molar-refractivity contribution in [1.82, 2.24) is 0 Å². The standard InChI is InChI=1S/C15H24O/c1-11(2)14-9-8-12(3)6-5-7-13(4)15(16)10-14/h6,14-16H,1,4-5,7-10H2,2-3H3/b12-6-/t14-,15-/m0/s1. The number of allylic oxidation sites excluding steroid dienone is 3. The van der Waals surface area contributed by atoms with Crippen molar-refractivity contribution in [2.24, 2.45) is 5.92 Å². The number of rotatable bonds is 1. The first-order valence-electron chi connectivity index (χ1n) is 6.17. The lowest BCUT2D eigenvalue weighted by atomic mass is 9.85. The van der Waals surface area contributed by atoms with Crippen molar-refractivity contribution < 1.29 is 5.11 Å². The average Bonchev–Trinajstić information content (AvgIpc) is 2.22. The zero-order chi connectivity index (χ0) is 12.1. The molecule has 1 rings (SSSR count). The van der Waals surface area contributed by atoms with Gasteiger partial charge < -0.3 is 5.11 Å². The highest BCUT2D eigenvalue weighted by atomic mass is 16.3. The maximum atomic E-state index is 10.0. The highest BCUT2D eigenvalue weighted by Gasteiger charge is 2.18. The second-order valence-corrected chi connectivity index (χ2v) is 5.08. The first kappa shape index (κ1) is 13.2. The van der Waals surface area contributed by atoms with Crippen LogP contribution in [0.25, 0.3) is 0 Å². The van der Waals surface area contributed by atoms with Gasteiger partial charge in [0.05, 0.1) is 6.10 Å². The molecule has 1 nitrogen and oxygen atoms in total. The summed E-state index contributed by atoms with van der Waals surface area (Å²) >= 11 is 0. The Balaban J connectivity index is 2.75. The molecule has 0 aromatic carbocycles. The van der Waals surface area contributed by atoms with Crippen LogP contribution in [0.15, 0.2) is 36.0 Å². The summed E-state index contributed by atoms with van der Waals surface area (Å²) in [5.74, 6) is 0.424. The summed E-state index contributed by atoms with van der Waals surface area (Å²) in [5, 5.41) is 10.0. The van der Waals surface area contributed by atoms with E-state index in [2.05, 4.69) is 33.1 Å². The molecule has 1 N–H and O–H groups in total. The van der Waals surface area contributed by atoms with Crippen LogP contribution in [0.2, 0.25) is 0 Å². The predicted molar refractivity (Wildman–Crippen MR) is 70.3 cm³/mol. The minimum Gasteiger partial charge on any atom is -0.389 e. The largest absolute Gasteiger partial charge is 0.389 e. The van der Waals surface area contributed by atoms with Crippen LogP contribution in [0.5, 0.6) is 0 Å². The molecule has 2 atom stereocenters. The molecule has 0 unspecified atom stereocenters.